The molecule has 10 nitrogen and oxygen atoms in total. The molecule has 0 fully saturated rings. The van der Waals surface area contributed by atoms with Gasteiger partial charge in [0.05, 0.1) is 30.7 Å². The van der Waals surface area contributed by atoms with Gasteiger partial charge in [-0.15, -0.1) is 0 Å². The predicted octanol–water partition coefficient (Wildman–Crippen LogP) is 1.02. The number of rotatable bonds is 11. The molecule has 0 spiro atoms. The van der Waals surface area contributed by atoms with Gasteiger partial charge in [-0.2, -0.15) is 0 Å². The molecule has 10 heteroatoms. The Bertz CT molecular complexity index is 1060. The fourth-order valence-electron chi connectivity index (χ4n) is 3.68. The number of aromatic nitrogens is 1. The molecule has 2 amide bonds. The number of aliphatic hydroxyl groups excluding tert-OH is 1. The van der Waals surface area contributed by atoms with Gasteiger partial charge in [-0.3, -0.25) is 14.4 Å². The summed E-state index contributed by atoms with van der Waals surface area (Å²) in [4.78, 5) is 39.0. The van der Waals surface area contributed by atoms with Gasteiger partial charge in [0.25, 0.3) is 5.91 Å². The number of benzene rings is 1. The lowest BCUT2D eigenvalue weighted by atomic mass is 10.0. The smallest absolute Gasteiger partial charge is 0.257 e. The number of pyridine rings is 1. The highest BCUT2D eigenvalue weighted by Crippen LogP contribution is 2.35. The van der Waals surface area contributed by atoms with Gasteiger partial charge in [0, 0.05) is 25.4 Å². The van der Waals surface area contributed by atoms with E-state index in [0.29, 0.717) is 35.4 Å². The van der Waals surface area contributed by atoms with E-state index >= 15 is 0 Å². The maximum atomic E-state index is 13.2. The van der Waals surface area contributed by atoms with E-state index in [1.54, 1.807) is 16.7 Å². The van der Waals surface area contributed by atoms with E-state index in [4.69, 9.17) is 19.3 Å². The van der Waals surface area contributed by atoms with Crippen molar-refractivity contribution in [2.24, 2.45) is 5.92 Å². The van der Waals surface area contributed by atoms with Crippen LogP contribution in [0.5, 0.6) is 11.5 Å². The highest BCUT2D eigenvalue weighted by Gasteiger charge is 2.25. The minimum absolute atomic E-state index is 0.0453. The molecule has 0 aliphatic carbocycles. The molecule has 33 heavy (non-hydrogen) atoms. The Labute approximate surface area is 191 Å². The van der Waals surface area contributed by atoms with Crippen LogP contribution < -0.4 is 25.5 Å². The zero-order chi connectivity index (χ0) is 24.0. The van der Waals surface area contributed by atoms with E-state index < -0.39 is 17.4 Å². The summed E-state index contributed by atoms with van der Waals surface area (Å²) in [6.07, 6.45) is 1.92. The van der Waals surface area contributed by atoms with Crippen LogP contribution in [0.4, 0.5) is 0 Å². The standard InChI is InChI=1S/C23H31N3O7/c1-4-26-12-16(21(28)15-10-19-20(11-18(15)26)33-13-32-19)22(29)25-17(9-14(2)3)23(30)24-5-7-31-8-6-27/h10-12,14,17,27H,4-9,13H2,1-3H3,(H,24,30)(H,25,29). The molecule has 0 bridgehead atoms. The second-order valence-electron chi connectivity index (χ2n) is 8.16. The molecular formula is C23H31N3O7. The molecule has 0 saturated carbocycles. The molecule has 180 valence electrons. The average molecular weight is 462 g/mol. The Kier molecular flexibility index (Phi) is 8.29. The Morgan fingerprint density at radius 1 is 1.21 bits per heavy atom. The van der Waals surface area contributed by atoms with Gasteiger partial charge < -0.3 is 34.5 Å². The average Bonchev–Trinajstić information content (AvgIpc) is 3.25. The maximum Gasteiger partial charge on any atom is 0.257 e. The molecule has 1 unspecified atom stereocenters. The normalized spacial score (nSPS) is 13.4. The largest absolute Gasteiger partial charge is 0.454 e. The van der Waals surface area contributed by atoms with E-state index in [9.17, 15) is 14.4 Å². The number of carbonyl (C=O) groups excluding carboxylic acids is 2. The first kappa shape index (κ1) is 24.5. The van der Waals surface area contributed by atoms with Crippen LogP contribution in [0.15, 0.2) is 23.1 Å². The summed E-state index contributed by atoms with van der Waals surface area (Å²) >= 11 is 0. The Morgan fingerprint density at radius 3 is 2.61 bits per heavy atom. The first-order chi connectivity index (χ1) is 15.8. The van der Waals surface area contributed by atoms with Crippen LogP contribution >= 0.6 is 0 Å². The number of carbonyl (C=O) groups is 2. The molecule has 3 rings (SSSR count). The molecule has 1 atom stereocenters. The summed E-state index contributed by atoms with van der Waals surface area (Å²) in [6, 6.07) is 2.52. The zero-order valence-corrected chi connectivity index (χ0v) is 19.2. The van der Waals surface area contributed by atoms with Gasteiger partial charge in [-0.05, 0) is 25.3 Å². The second-order valence-corrected chi connectivity index (χ2v) is 8.16. The Balaban J connectivity index is 1.83. The maximum absolute atomic E-state index is 13.2. The van der Waals surface area contributed by atoms with Crippen LogP contribution in [0.2, 0.25) is 0 Å². The molecule has 1 aromatic heterocycles. The van der Waals surface area contributed by atoms with E-state index in [1.807, 2.05) is 20.8 Å². The van der Waals surface area contributed by atoms with Gasteiger partial charge in [0.1, 0.15) is 11.6 Å². The van der Waals surface area contributed by atoms with E-state index in [1.165, 1.54) is 6.20 Å². The topological polar surface area (TPSA) is 128 Å². The third-order valence-electron chi connectivity index (χ3n) is 5.27. The van der Waals surface area contributed by atoms with Gasteiger partial charge in [-0.1, -0.05) is 13.8 Å². The van der Waals surface area contributed by atoms with Crippen LogP contribution in [-0.4, -0.2) is 60.7 Å². The molecule has 1 aliphatic heterocycles. The fourth-order valence-corrected chi connectivity index (χ4v) is 3.68. The Hall–Kier alpha value is -3.11. The van der Waals surface area contributed by atoms with Crippen LogP contribution in [0.1, 0.15) is 37.6 Å². The molecule has 0 saturated heterocycles. The SMILES string of the molecule is CCn1cc(C(=O)NC(CC(C)C)C(=O)NCCOCCO)c(=O)c2cc3c(cc21)OCO3. The van der Waals surface area contributed by atoms with Crippen molar-refractivity contribution in [2.75, 3.05) is 33.2 Å². The van der Waals surface area contributed by atoms with Crippen LogP contribution in [-0.2, 0) is 16.1 Å². The highest BCUT2D eigenvalue weighted by molar-refractivity contribution is 6.00. The van der Waals surface area contributed by atoms with E-state index in [2.05, 4.69) is 10.6 Å². The van der Waals surface area contributed by atoms with Crippen LogP contribution in [0.25, 0.3) is 10.9 Å². The molecule has 1 aliphatic rings. The molecule has 2 heterocycles. The summed E-state index contributed by atoms with van der Waals surface area (Å²) < 4.78 is 17.7. The van der Waals surface area contributed by atoms with Crippen molar-refractivity contribution in [3.05, 3.63) is 34.1 Å². The van der Waals surface area contributed by atoms with Crippen molar-refractivity contribution in [1.29, 1.82) is 0 Å². The lowest BCUT2D eigenvalue weighted by Gasteiger charge is -2.20. The van der Waals surface area contributed by atoms with Gasteiger partial charge in [-0.25, -0.2) is 0 Å². The summed E-state index contributed by atoms with van der Waals surface area (Å²) in [7, 11) is 0. The number of amides is 2. The number of hydrogen-bond acceptors (Lipinski definition) is 7. The van der Waals surface area contributed by atoms with E-state index in [-0.39, 0.29) is 50.5 Å². The minimum atomic E-state index is -0.808. The number of fused-ring (bicyclic) bond motifs is 2. The molecular weight excluding hydrogens is 430 g/mol. The molecule has 2 aromatic rings. The number of hydrogen-bond donors (Lipinski definition) is 3. The summed E-state index contributed by atoms with van der Waals surface area (Å²) in [5.41, 5.74) is 0.158. The summed E-state index contributed by atoms with van der Waals surface area (Å²) in [5, 5.41) is 14.5. The lowest BCUT2D eigenvalue weighted by Crippen LogP contribution is -2.49. The predicted molar refractivity (Wildman–Crippen MR) is 122 cm³/mol. The summed E-state index contributed by atoms with van der Waals surface area (Å²) in [5.74, 6) is 0.178. The lowest BCUT2D eigenvalue weighted by molar-refractivity contribution is -0.123. The molecule has 3 N–H and O–H groups in total. The van der Waals surface area contributed by atoms with E-state index in [0.717, 1.165) is 0 Å². The molecule has 0 radical (unpaired) electrons. The van der Waals surface area contributed by atoms with Crippen molar-refractivity contribution in [3.63, 3.8) is 0 Å². The first-order valence-electron chi connectivity index (χ1n) is 11.1. The Morgan fingerprint density at radius 2 is 1.94 bits per heavy atom. The third-order valence-corrected chi connectivity index (χ3v) is 5.27. The first-order valence-corrected chi connectivity index (χ1v) is 11.1. The molecule has 1 aromatic carbocycles. The third kappa shape index (κ3) is 5.82. The highest BCUT2D eigenvalue weighted by atomic mass is 16.7. The minimum Gasteiger partial charge on any atom is -0.454 e. The monoisotopic (exact) mass is 461 g/mol. The zero-order valence-electron chi connectivity index (χ0n) is 19.2. The van der Waals surface area contributed by atoms with Gasteiger partial charge in [0.2, 0.25) is 18.1 Å². The summed E-state index contributed by atoms with van der Waals surface area (Å²) in [6.45, 7) is 6.99. The second kappa shape index (κ2) is 11.2. The van der Waals surface area contributed by atoms with Crippen LogP contribution in [0.3, 0.4) is 0 Å². The fraction of sp³-hybridized carbons (Fsp3) is 0.522. The number of nitrogens with one attached hydrogen (secondary N) is 2. The van der Waals surface area contributed by atoms with Crippen molar-refractivity contribution >= 4 is 22.7 Å². The number of nitrogens with zero attached hydrogens (tertiary/aromatic N) is 1. The quantitative estimate of drug-likeness (QED) is 0.426. The van der Waals surface area contributed by atoms with Crippen molar-refractivity contribution in [3.8, 4) is 11.5 Å². The van der Waals surface area contributed by atoms with Crippen molar-refractivity contribution in [2.45, 2.75) is 39.8 Å². The van der Waals surface area contributed by atoms with Crippen molar-refractivity contribution in [1.82, 2.24) is 15.2 Å². The number of aliphatic hydroxyl groups is 1. The van der Waals surface area contributed by atoms with Crippen molar-refractivity contribution < 1.29 is 28.9 Å². The van der Waals surface area contributed by atoms with Gasteiger partial charge in [0.15, 0.2) is 11.5 Å². The number of ether oxygens (including phenoxy) is 3. The number of aryl methyl sites for hydroxylation is 1. The van der Waals surface area contributed by atoms with Gasteiger partial charge >= 0.3 is 0 Å². The van der Waals surface area contributed by atoms with Crippen LogP contribution in [0, 0.1) is 5.92 Å².